The predicted octanol–water partition coefficient (Wildman–Crippen LogP) is 4.14. The fourth-order valence-electron chi connectivity index (χ4n) is 5.00. The fraction of sp³-hybridized carbons (Fsp3) is 0.370. The Labute approximate surface area is 227 Å². The van der Waals surface area contributed by atoms with E-state index in [4.69, 9.17) is 0 Å². The van der Waals surface area contributed by atoms with E-state index in [9.17, 15) is 22.8 Å². The quantitative estimate of drug-likeness (QED) is 0.331. The largest absolute Gasteiger partial charge is 0.416 e. The van der Waals surface area contributed by atoms with Crippen molar-refractivity contribution in [2.45, 2.75) is 51.4 Å². The second-order valence-corrected chi connectivity index (χ2v) is 9.94. The van der Waals surface area contributed by atoms with E-state index in [1.807, 2.05) is 0 Å². The molecule has 1 aromatic carbocycles. The van der Waals surface area contributed by atoms with Gasteiger partial charge in [0.1, 0.15) is 5.39 Å². The highest BCUT2D eigenvalue weighted by atomic mass is 19.4. The van der Waals surface area contributed by atoms with Gasteiger partial charge in [0.05, 0.1) is 18.2 Å². The lowest BCUT2D eigenvalue weighted by Gasteiger charge is -2.26. The summed E-state index contributed by atoms with van der Waals surface area (Å²) in [6.45, 7) is 8.79. The van der Waals surface area contributed by atoms with Crippen molar-refractivity contribution in [3.63, 3.8) is 0 Å². The van der Waals surface area contributed by atoms with Crippen molar-refractivity contribution in [2.75, 3.05) is 18.4 Å². The van der Waals surface area contributed by atoms with Gasteiger partial charge in [-0.25, -0.2) is 19.0 Å². The van der Waals surface area contributed by atoms with E-state index in [-0.39, 0.29) is 58.1 Å². The van der Waals surface area contributed by atoms with Crippen molar-refractivity contribution < 1.29 is 13.2 Å². The van der Waals surface area contributed by atoms with Crippen molar-refractivity contribution >= 4 is 22.7 Å². The lowest BCUT2D eigenvalue weighted by atomic mass is 9.86. The maximum atomic E-state index is 14.1. The van der Waals surface area contributed by atoms with Crippen LogP contribution in [0.3, 0.4) is 0 Å². The van der Waals surface area contributed by atoms with Crippen LogP contribution >= 0.6 is 0 Å². The van der Waals surface area contributed by atoms with Gasteiger partial charge in [0.2, 0.25) is 5.95 Å². The summed E-state index contributed by atoms with van der Waals surface area (Å²) >= 11 is 0. The standard InChI is InChI=1S/C27H29F3N8O2/c1-4-13-36-25(40)20-15-32-26(34-24(20)38(36)22-7-8-23(39)37(35-22)16(2)3)33-18-5-6-19(17-9-11-31-12-10-17)21(14-18)27(28,29)30/h4-8,14-17,31H,1,9-13H2,2-3H3,(H,32,33,34). The lowest BCUT2D eigenvalue weighted by Crippen LogP contribution is -2.28. The number of allylic oxidation sites excluding steroid dienone is 1. The molecule has 1 aliphatic heterocycles. The number of anilines is 2. The SMILES string of the molecule is C=CCn1c(=O)c2cnc(Nc3ccc(C4CCNCC4)c(C(F)(F)F)c3)nc2n1-c1ccc(=O)n(C(C)C)n1. The van der Waals surface area contributed by atoms with E-state index in [2.05, 4.69) is 32.3 Å². The number of nitrogens with zero attached hydrogens (tertiary/aromatic N) is 6. The number of hydrogen-bond acceptors (Lipinski definition) is 7. The Bertz CT molecular complexity index is 1680. The average molecular weight is 555 g/mol. The molecule has 5 rings (SSSR count). The van der Waals surface area contributed by atoms with Crippen LogP contribution in [0.25, 0.3) is 16.9 Å². The van der Waals surface area contributed by atoms with Gasteiger partial charge >= 0.3 is 6.18 Å². The zero-order valence-corrected chi connectivity index (χ0v) is 22.1. The number of halogens is 3. The topological polar surface area (TPSA) is 112 Å². The number of alkyl halides is 3. The molecule has 4 aromatic rings. The van der Waals surface area contributed by atoms with Crippen LogP contribution in [0.4, 0.5) is 24.8 Å². The molecule has 2 N–H and O–H groups in total. The van der Waals surface area contributed by atoms with Gasteiger partial charge < -0.3 is 10.6 Å². The molecule has 1 saturated heterocycles. The lowest BCUT2D eigenvalue weighted by molar-refractivity contribution is -0.138. The van der Waals surface area contributed by atoms with Gasteiger partial charge in [-0.3, -0.25) is 9.59 Å². The van der Waals surface area contributed by atoms with Gasteiger partial charge in [-0.05, 0) is 69.5 Å². The van der Waals surface area contributed by atoms with Crippen molar-refractivity contribution in [3.05, 3.63) is 81.0 Å². The molecule has 0 atom stereocenters. The molecule has 0 amide bonds. The van der Waals surface area contributed by atoms with Crippen molar-refractivity contribution in [1.82, 2.24) is 34.4 Å². The number of fused-ring (bicyclic) bond motifs is 1. The number of piperidine rings is 1. The Hall–Kier alpha value is -4.26. The van der Waals surface area contributed by atoms with Gasteiger partial charge in [0.25, 0.3) is 11.1 Å². The summed E-state index contributed by atoms with van der Waals surface area (Å²) in [5, 5.41) is 10.6. The Kier molecular flexibility index (Phi) is 7.32. The third-order valence-electron chi connectivity index (χ3n) is 6.89. The maximum Gasteiger partial charge on any atom is 0.416 e. The highest BCUT2D eigenvalue weighted by Gasteiger charge is 2.36. The minimum atomic E-state index is -4.53. The van der Waals surface area contributed by atoms with E-state index < -0.39 is 17.3 Å². The zero-order valence-electron chi connectivity index (χ0n) is 22.1. The molecule has 10 nitrogen and oxygen atoms in total. The maximum absolute atomic E-state index is 14.1. The first-order chi connectivity index (χ1) is 19.1. The highest BCUT2D eigenvalue weighted by molar-refractivity contribution is 5.77. The van der Waals surface area contributed by atoms with E-state index in [1.165, 1.54) is 44.5 Å². The van der Waals surface area contributed by atoms with Gasteiger partial charge in [0, 0.05) is 18.0 Å². The molecule has 0 bridgehead atoms. The minimum absolute atomic E-state index is 0.00285. The number of rotatable bonds is 7. The van der Waals surface area contributed by atoms with E-state index >= 15 is 0 Å². The predicted molar refractivity (Wildman–Crippen MR) is 145 cm³/mol. The third-order valence-corrected chi connectivity index (χ3v) is 6.89. The monoisotopic (exact) mass is 554 g/mol. The number of aromatic nitrogens is 6. The van der Waals surface area contributed by atoms with E-state index in [0.717, 1.165) is 6.07 Å². The number of benzene rings is 1. The molecule has 0 spiro atoms. The van der Waals surface area contributed by atoms with Crippen LogP contribution in [0, 0.1) is 0 Å². The van der Waals surface area contributed by atoms with Crippen LogP contribution in [0.5, 0.6) is 0 Å². The average Bonchev–Trinajstić information content (AvgIpc) is 3.19. The first-order valence-electron chi connectivity index (χ1n) is 13.0. The number of nitrogens with one attached hydrogen (secondary N) is 2. The minimum Gasteiger partial charge on any atom is -0.324 e. The van der Waals surface area contributed by atoms with Crippen LogP contribution in [-0.4, -0.2) is 42.2 Å². The molecule has 0 saturated carbocycles. The van der Waals surface area contributed by atoms with Gasteiger partial charge in [-0.1, -0.05) is 12.1 Å². The van der Waals surface area contributed by atoms with Gasteiger partial charge in [0.15, 0.2) is 11.5 Å². The summed E-state index contributed by atoms with van der Waals surface area (Å²) in [6.07, 6.45) is -0.420. The Morgan fingerprint density at radius 1 is 1.18 bits per heavy atom. The van der Waals surface area contributed by atoms with Crippen LogP contribution in [0.2, 0.25) is 0 Å². The molecule has 3 aromatic heterocycles. The first kappa shape index (κ1) is 27.3. The van der Waals surface area contributed by atoms with Gasteiger partial charge in [-0.2, -0.15) is 18.2 Å². The second-order valence-electron chi connectivity index (χ2n) is 9.94. The molecule has 0 radical (unpaired) electrons. The number of hydrogen-bond donors (Lipinski definition) is 2. The molecule has 40 heavy (non-hydrogen) atoms. The smallest absolute Gasteiger partial charge is 0.324 e. The van der Waals surface area contributed by atoms with E-state index in [1.54, 1.807) is 19.9 Å². The molecule has 1 fully saturated rings. The Morgan fingerprint density at radius 3 is 2.60 bits per heavy atom. The summed E-state index contributed by atoms with van der Waals surface area (Å²) < 4.78 is 46.2. The van der Waals surface area contributed by atoms with Crippen LogP contribution < -0.4 is 21.8 Å². The van der Waals surface area contributed by atoms with Crippen LogP contribution in [0.1, 0.15) is 49.8 Å². The van der Waals surface area contributed by atoms with E-state index in [0.29, 0.717) is 25.9 Å². The summed E-state index contributed by atoms with van der Waals surface area (Å²) in [5.74, 6) is 0.0784. The molecule has 210 valence electrons. The molecule has 1 aliphatic rings. The van der Waals surface area contributed by atoms with Crippen LogP contribution in [-0.2, 0) is 12.7 Å². The second kappa shape index (κ2) is 10.7. The Balaban J connectivity index is 1.59. The van der Waals surface area contributed by atoms with Crippen molar-refractivity contribution in [2.24, 2.45) is 0 Å². The summed E-state index contributed by atoms with van der Waals surface area (Å²) in [5.41, 5.74) is -0.796. The molecular formula is C27H29F3N8O2. The van der Waals surface area contributed by atoms with Crippen LogP contribution in [0.15, 0.2) is 58.8 Å². The first-order valence-corrected chi connectivity index (χ1v) is 13.0. The normalized spacial score (nSPS) is 14.7. The fourth-order valence-corrected chi connectivity index (χ4v) is 5.00. The Morgan fingerprint density at radius 2 is 1.93 bits per heavy atom. The molecule has 0 unspecified atom stereocenters. The highest BCUT2D eigenvalue weighted by Crippen LogP contribution is 2.39. The third kappa shape index (κ3) is 5.16. The van der Waals surface area contributed by atoms with Crippen molar-refractivity contribution in [3.8, 4) is 5.82 Å². The molecule has 13 heteroatoms. The zero-order chi connectivity index (χ0) is 28.6. The van der Waals surface area contributed by atoms with Gasteiger partial charge in [-0.15, -0.1) is 11.7 Å². The summed E-state index contributed by atoms with van der Waals surface area (Å²) in [7, 11) is 0. The summed E-state index contributed by atoms with van der Waals surface area (Å²) in [4.78, 5) is 34.1. The summed E-state index contributed by atoms with van der Waals surface area (Å²) in [6, 6.07) is 6.74. The molecule has 0 aliphatic carbocycles. The van der Waals surface area contributed by atoms with Crippen molar-refractivity contribution in [1.29, 1.82) is 0 Å². The molecule has 4 heterocycles. The molecular weight excluding hydrogens is 525 g/mol.